The van der Waals surface area contributed by atoms with Crippen molar-refractivity contribution < 1.29 is 0 Å². The number of imidazole rings is 1. The predicted molar refractivity (Wildman–Crippen MR) is 87.1 cm³/mol. The van der Waals surface area contributed by atoms with Crippen LogP contribution < -0.4 is 4.78 Å². The molecule has 20 heavy (non-hydrogen) atoms. The number of thiophene rings is 1. The van der Waals surface area contributed by atoms with Crippen LogP contribution in [0.1, 0.15) is 11.3 Å². The van der Waals surface area contributed by atoms with Gasteiger partial charge in [-0.3, -0.25) is 0 Å². The quantitative estimate of drug-likeness (QED) is 0.504. The van der Waals surface area contributed by atoms with Crippen molar-refractivity contribution >= 4 is 50.5 Å². The molecule has 98 valence electrons. The lowest BCUT2D eigenvalue weighted by atomic mass is 10.1. The molecule has 0 atom stereocenters. The van der Waals surface area contributed by atoms with E-state index in [0.29, 0.717) is 0 Å². The van der Waals surface area contributed by atoms with Crippen molar-refractivity contribution in [3.8, 4) is 10.7 Å². The highest BCUT2D eigenvalue weighted by Crippen LogP contribution is 2.31. The lowest BCUT2D eigenvalue weighted by molar-refractivity contribution is 0.932. The lowest BCUT2D eigenvalue weighted by Gasteiger charge is -2.00. The molecule has 0 aliphatic heterocycles. The van der Waals surface area contributed by atoms with Gasteiger partial charge < -0.3 is 0 Å². The van der Waals surface area contributed by atoms with Crippen molar-refractivity contribution in [1.82, 2.24) is 19.6 Å². The summed E-state index contributed by atoms with van der Waals surface area (Å²) in [5, 5.41) is 5.61. The first-order chi connectivity index (χ1) is 9.60. The van der Waals surface area contributed by atoms with Gasteiger partial charge in [-0.15, -0.1) is 22.7 Å². The molecular formula is C13H11BN4S2. The van der Waals surface area contributed by atoms with E-state index in [0.717, 1.165) is 32.4 Å². The number of nitrogens with zero attached hydrogens (tertiary/aromatic N) is 4. The van der Waals surface area contributed by atoms with Crippen LogP contribution in [0.2, 0.25) is 0 Å². The first-order valence-corrected chi connectivity index (χ1v) is 7.94. The van der Waals surface area contributed by atoms with E-state index < -0.39 is 0 Å². The van der Waals surface area contributed by atoms with Crippen LogP contribution in [-0.4, -0.2) is 27.4 Å². The number of aromatic nitrogens is 4. The Kier molecular flexibility index (Phi) is 2.49. The molecule has 0 bridgehead atoms. The fourth-order valence-corrected chi connectivity index (χ4v) is 4.39. The van der Waals surface area contributed by atoms with Gasteiger partial charge in [0.15, 0.2) is 13.5 Å². The summed E-state index contributed by atoms with van der Waals surface area (Å²) in [4.78, 5) is 10.3. The molecule has 0 N–H and O–H groups in total. The number of hydrogen-bond donors (Lipinski definition) is 0. The highest BCUT2D eigenvalue weighted by Gasteiger charge is 2.12. The SMILES string of the molecule is Bc1cc2sc(-c3cc(C)c4nc(C)cn4n3)nc2s1. The smallest absolute Gasteiger partial charge is 0.156 e. The molecule has 4 aromatic heterocycles. The van der Waals surface area contributed by atoms with Gasteiger partial charge >= 0.3 is 0 Å². The zero-order valence-corrected chi connectivity index (χ0v) is 13.0. The molecule has 4 rings (SSSR count). The highest BCUT2D eigenvalue weighted by atomic mass is 32.1. The minimum Gasteiger partial charge on any atom is -0.232 e. The number of thiazole rings is 1. The Balaban J connectivity index is 1.93. The number of rotatable bonds is 1. The van der Waals surface area contributed by atoms with Crippen LogP contribution >= 0.6 is 22.7 Å². The molecule has 4 heterocycles. The summed E-state index contributed by atoms with van der Waals surface area (Å²) in [7, 11) is 2.11. The average Bonchev–Trinajstić information content (AvgIpc) is 3.00. The fraction of sp³-hybridized carbons (Fsp3) is 0.154. The third-order valence-corrected chi connectivity index (χ3v) is 5.26. The molecule has 4 aromatic rings. The van der Waals surface area contributed by atoms with Crippen LogP contribution in [0.4, 0.5) is 0 Å². The third kappa shape index (κ3) is 1.77. The molecule has 0 saturated carbocycles. The molecule has 0 aliphatic carbocycles. The van der Waals surface area contributed by atoms with Gasteiger partial charge in [-0.2, -0.15) is 5.10 Å². The standard InChI is InChI=1S/C13H11BN4S2/c1-6-3-8(17-18-5-7(2)15-11(6)18)12-16-13-9(19-12)4-10(14)20-13/h3-5H,14H2,1-2H3. The van der Waals surface area contributed by atoms with Crippen molar-refractivity contribution in [2.24, 2.45) is 0 Å². The average molecular weight is 298 g/mol. The molecule has 0 spiro atoms. The maximum atomic E-state index is 4.70. The van der Waals surface area contributed by atoms with Crippen molar-refractivity contribution in [3.63, 3.8) is 0 Å². The molecule has 0 radical (unpaired) electrons. The maximum Gasteiger partial charge on any atom is 0.156 e. The van der Waals surface area contributed by atoms with Gasteiger partial charge in [0.25, 0.3) is 0 Å². The van der Waals surface area contributed by atoms with E-state index in [-0.39, 0.29) is 0 Å². The van der Waals surface area contributed by atoms with Crippen molar-refractivity contribution in [2.45, 2.75) is 13.8 Å². The van der Waals surface area contributed by atoms with Gasteiger partial charge in [-0.25, -0.2) is 14.5 Å². The third-order valence-electron chi connectivity index (χ3n) is 3.16. The molecule has 0 aliphatic rings. The monoisotopic (exact) mass is 298 g/mol. The first kappa shape index (κ1) is 12.0. The summed E-state index contributed by atoms with van der Waals surface area (Å²) < 4.78 is 4.39. The molecule has 0 aromatic carbocycles. The van der Waals surface area contributed by atoms with E-state index in [1.807, 2.05) is 17.6 Å². The van der Waals surface area contributed by atoms with Gasteiger partial charge in [-0.1, -0.05) is 0 Å². The van der Waals surface area contributed by atoms with Crippen LogP contribution in [0.25, 0.3) is 25.9 Å². The van der Waals surface area contributed by atoms with E-state index in [1.54, 1.807) is 22.7 Å². The zero-order valence-electron chi connectivity index (χ0n) is 11.3. The van der Waals surface area contributed by atoms with E-state index in [1.165, 1.54) is 9.48 Å². The summed E-state index contributed by atoms with van der Waals surface area (Å²) in [6.07, 6.45) is 1.95. The summed E-state index contributed by atoms with van der Waals surface area (Å²) >= 11 is 3.43. The maximum absolute atomic E-state index is 4.70. The van der Waals surface area contributed by atoms with E-state index in [4.69, 9.17) is 4.98 Å². The normalized spacial score (nSPS) is 11.7. The van der Waals surface area contributed by atoms with Crippen LogP contribution in [0, 0.1) is 13.8 Å². The summed E-state index contributed by atoms with van der Waals surface area (Å²) in [6, 6.07) is 4.25. The molecule has 4 nitrogen and oxygen atoms in total. The Morgan fingerprint density at radius 3 is 2.80 bits per heavy atom. The molecule has 0 amide bonds. The molecule has 0 saturated heterocycles. The van der Waals surface area contributed by atoms with Crippen LogP contribution in [-0.2, 0) is 0 Å². The number of fused-ring (bicyclic) bond motifs is 2. The van der Waals surface area contributed by atoms with Crippen LogP contribution in [0.3, 0.4) is 0 Å². The second-order valence-corrected chi connectivity index (χ2v) is 7.17. The van der Waals surface area contributed by atoms with Crippen molar-refractivity contribution in [2.75, 3.05) is 0 Å². The minimum atomic E-state index is 0.915. The predicted octanol–water partition coefficient (Wildman–Crippen LogP) is 1.94. The van der Waals surface area contributed by atoms with Gasteiger partial charge in [-0.05, 0) is 36.3 Å². The van der Waals surface area contributed by atoms with Gasteiger partial charge in [0.2, 0.25) is 0 Å². The largest absolute Gasteiger partial charge is 0.232 e. The molecule has 0 unspecified atom stereocenters. The number of hydrogen-bond acceptors (Lipinski definition) is 5. The second-order valence-electron chi connectivity index (χ2n) is 4.91. The highest BCUT2D eigenvalue weighted by molar-refractivity contribution is 7.32. The zero-order chi connectivity index (χ0) is 13.9. The Morgan fingerprint density at radius 2 is 2.00 bits per heavy atom. The van der Waals surface area contributed by atoms with Crippen molar-refractivity contribution in [1.29, 1.82) is 0 Å². The molecular weight excluding hydrogens is 287 g/mol. The Bertz CT molecular complexity index is 919. The Morgan fingerprint density at radius 1 is 1.15 bits per heavy atom. The van der Waals surface area contributed by atoms with E-state index in [2.05, 4.69) is 37.0 Å². The molecule has 7 heteroatoms. The number of aryl methyl sites for hydroxylation is 2. The molecule has 0 fully saturated rings. The van der Waals surface area contributed by atoms with Gasteiger partial charge in [0, 0.05) is 0 Å². The van der Waals surface area contributed by atoms with Crippen LogP contribution in [0.15, 0.2) is 18.3 Å². The summed E-state index contributed by atoms with van der Waals surface area (Å²) in [6.45, 7) is 4.04. The van der Waals surface area contributed by atoms with Gasteiger partial charge in [0.05, 0.1) is 16.6 Å². The van der Waals surface area contributed by atoms with E-state index >= 15 is 0 Å². The minimum absolute atomic E-state index is 0.915. The topological polar surface area (TPSA) is 43.1 Å². The fourth-order valence-electron chi connectivity index (χ4n) is 2.31. The van der Waals surface area contributed by atoms with Crippen molar-refractivity contribution in [3.05, 3.63) is 29.6 Å². The lowest BCUT2D eigenvalue weighted by Crippen LogP contribution is -1.96. The van der Waals surface area contributed by atoms with Gasteiger partial charge in [0.1, 0.15) is 15.5 Å². The van der Waals surface area contributed by atoms with Crippen LogP contribution in [0.5, 0.6) is 0 Å². The first-order valence-electron chi connectivity index (χ1n) is 6.31. The summed E-state index contributed by atoms with van der Waals surface area (Å²) in [5.41, 5.74) is 3.94. The Hall–Kier alpha value is -1.73. The summed E-state index contributed by atoms with van der Waals surface area (Å²) in [5.74, 6) is 0. The Labute approximate surface area is 124 Å². The second kappa shape index (κ2) is 4.13. The van der Waals surface area contributed by atoms with E-state index in [9.17, 15) is 0 Å².